The Bertz CT molecular complexity index is 815. The maximum Gasteiger partial charge on any atom is 0.264 e. The quantitative estimate of drug-likeness (QED) is 0.293. The standard InChI is InChI=1S/C21H34F2N2O2SSi/c1-15(24-28(26)21(2,3)4)16-12-18(20(22)23)17-8-9-25(19(17)13-16)14-27-10-11-29(5,6)7/h8-9,12-13,15,20,24H,10-11,14H2,1-7H3/t15?,28-/m1/s1. The molecule has 0 aliphatic rings. The minimum absolute atomic E-state index is 0.00598. The minimum atomic E-state index is -2.58. The molecule has 1 unspecified atom stereocenters. The van der Waals surface area contributed by atoms with E-state index in [1.165, 1.54) is 6.07 Å². The van der Waals surface area contributed by atoms with Crippen LogP contribution in [0.1, 0.15) is 51.3 Å². The van der Waals surface area contributed by atoms with Crippen molar-refractivity contribution in [2.24, 2.45) is 0 Å². The molecule has 0 saturated carbocycles. The smallest absolute Gasteiger partial charge is 0.264 e. The summed E-state index contributed by atoms with van der Waals surface area (Å²) in [6.07, 6.45) is -0.790. The Balaban J connectivity index is 2.28. The summed E-state index contributed by atoms with van der Waals surface area (Å²) in [5, 5.41) is 0.529. The number of nitrogens with one attached hydrogen (secondary N) is 1. The Labute approximate surface area is 177 Å². The van der Waals surface area contributed by atoms with Gasteiger partial charge < -0.3 is 13.9 Å². The van der Waals surface area contributed by atoms with Gasteiger partial charge in [-0.15, -0.1) is 4.72 Å². The Morgan fingerprint density at radius 1 is 1.24 bits per heavy atom. The van der Waals surface area contributed by atoms with Crippen molar-refractivity contribution in [3.05, 3.63) is 35.5 Å². The molecule has 1 aromatic carbocycles. The van der Waals surface area contributed by atoms with Crippen LogP contribution in [0.4, 0.5) is 8.78 Å². The average Bonchev–Trinajstić information content (AvgIpc) is 2.99. The van der Waals surface area contributed by atoms with E-state index in [0.717, 1.165) is 6.04 Å². The van der Waals surface area contributed by atoms with Crippen molar-refractivity contribution in [2.45, 2.75) is 77.3 Å². The van der Waals surface area contributed by atoms with E-state index in [1.54, 1.807) is 12.3 Å². The SMILES string of the molecule is CC(N[S@+]([O-])C(C)(C)C)c1cc(C(F)F)c2ccn(COCC[Si](C)(C)C)c2c1. The van der Waals surface area contributed by atoms with Gasteiger partial charge >= 0.3 is 0 Å². The molecule has 0 fully saturated rings. The van der Waals surface area contributed by atoms with Crippen LogP contribution in [0.3, 0.4) is 0 Å². The second kappa shape index (κ2) is 9.47. The Hall–Kier alpha value is -0.933. The number of fused-ring (bicyclic) bond motifs is 1. The number of rotatable bonds is 9. The number of ether oxygens (including phenoxy) is 1. The highest BCUT2D eigenvalue weighted by Gasteiger charge is 2.29. The molecule has 0 aliphatic carbocycles. The fourth-order valence-corrected chi connectivity index (χ4v) is 4.40. The van der Waals surface area contributed by atoms with Crippen LogP contribution >= 0.6 is 0 Å². The van der Waals surface area contributed by atoms with Gasteiger partial charge in [-0.2, -0.15) is 0 Å². The van der Waals surface area contributed by atoms with Gasteiger partial charge in [-0.1, -0.05) is 19.6 Å². The van der Waals surface area contributed by atoms with Crippen LogP contribution in [0.25, 0.3) is 10.9 Å². The molecule has 0 saturated heterocycles. The normalized spacial score (nSPS) is 15.3. The number of aromatic nitrogens is 1. The van der Waals surface area contributed by atoms with Crippen molar-refractivity contribution >= 4 is 30.3 Å². The van der Waals surface area contributed by atoms with Crippen LogP contribution < -0.4 is 4.72 Å². The van der Waals surface area contributed by atoms with E-state index in [-0.39, 0.29) is 11.6 Å². The Morgan fingerprint density at radius 2 is 1.90 bits per heavy atom. The number of hydrogen-bond donors (Lipinski definition) is 1. The van der Waals surface area contributed by atoms with E-state index in [2.05, 4.69) is 24.4 Å². The monoisotopic (exact) mass is 444 g/mol. The molecule has 29 heavy (non-hydrogen) atoms. The highest BCUT2D eigenvalue weighted by molar-refractivity contribution is 7.90. The van der Waals surface area contributed by atoms with E-state index < -0.39 is 30.6 Å². The van der Waals surface area contributed by atoms with Crippen LogP contribution in [-0.4, -0.2) is 28.5 Å². The van der Waals surface area contributed by atoms with Crippen molar-refractivity contribution in [3.8, 4) is 0 Å². The Morgan fingerprint density at radius 3 is 2.45 bits per heavy atom. The zero-order chi connectivity index (χ0) is 22.0. The molecule has 1 N–H and O–H groups in total. The third-order valence-electron chi connectivity index (χ3n) is 4.74. The number of alkyl halides is 2. The number of hydrogen-bond acceptors (Lipinski definition) is 3. The maximum absolute atomic E-state index is 13.7. The van der Waals surface area contributed by atoms with Crippen LogP contribution in [0.2, 0.25) is 25.7 Å². The third-order valence-corrected chi connectivity index (χ3v) is 8.13. The van der Waals surface area contributed by atoms with Crippen molar-refractivity contribution in [2.75, 3.05) is 6.61 Å². The first-order valence-corrected chi connectivity index (χ1v) is 14.8. The molecule has 2 rings (SSSR count). The zero-order valence-electron chi connectivity index (χ0n) is 18.5. The summed E-state index contributed by atoms with van der Waals surface area (Å²) < 4.78 is 50.2. The molecule has 0 bridgehead atoms. The van der Waals surface area contributed by atoms with Gasteiger partial charge in [0, 0.05) is 43.2 Å². The summed E-state index contributed by atoms with van der Waals surface area (Å²) in [7, 11) is -1.18. The molecule has 2 atom stereocenters. The molecule has 2 aromatic rings. The van der Waals surface area contributed by atoms with Crippen LogP contribution in [0.5, 0.6) is 0 Å². The van der Waals surface area contributed by atoms with E-state index in [4.69, 9.17) is 4.74 Å². The highest BCUT2D eigenvalue weighted by atomic mass is 32.2. The lowest BCUT2D eigenvalue weighted by Crippen LogP contribution is -2.40. The summed E-state index contributed by atoms with van der Waals surface area (Å²) in [5.41, 5.74) is 1.39. The molecular formula is C21H34F2N2O2SSi. The van der Waals surface area contributed by atoms with Gasteiger partial charge in [-0.05, 0) is 57.5 Å². The number of benzene rings is 1. The largest absolute Gasteiger partial charge is 0.598 e. The highest BCUT2D eigenvalue weighted by Crippen LogP contribution is 2.32. The predicted octanol–water partition coefficient (Wildman–Crippen LogP) is 6.00. The van der Waals surface area contributed by atoms with E-state index in [9.17, 15) is 13.3 Å². The van der Waals surface area contributed by atoms with Crippen molar-refractivity contribution in [1.82, 2.24) is 9.29 Å². The van der Waals surface area contributed by atoms with E-state index in [1.807, 2.05) is 38.3 Å². The molecule has 0 spiro atoms. The third kappa shape index (κ3) is 6.78. The van der Waals surface area contributed by atoms with Gasteiger partial charge in [0.25, 0.3) is 6.43 Å². The predicted molar refractivity (Wildman–Crippen MR) is 120 cm³/mol. The molecule has 164 valence electrons. The summed E-state index contributed by atoms with van der Waals surface area (Å²) in [5.74, 6) is 0. The van der Waals surface area contributed by atoms with Crippen molar-refractivity contribution in [3.63, 3.8) is 0 Å². The summed E-state index contributed by atoms with van der Waals surface area (Å²) in [6.45, 7) is 15.3. The molecular weight excluding hydrogens is 410 g/mol. The Kier molecular flexibility index (Phi) is 7.95. The molecule has 1 aromatic heterocycles. The average molecular weight is 445 g/mol. The van der Waals surface area contributed by atoms with Gasteiger partial charge in [0.15, 0.2) is 0 Å². The van der Waals surface area contributed by atoms with Gasteiger partial charge in [0.05, 0.1) is 11.6 Å². The second-order valence-electron chi connectivity index (χ2n) is 9.70. The molecule has 8 heteroatoms. The lowest BCUT2D eigenvalue weighted by atomic mass is 10.0. The first kappa shape index (κ1) is 24.3. The van der Waals surface area contributed by atoms with Crippen LogP contribution in [-0.2, 0) is 22.8 Å². The first-order valence-electron chi connectivity index (χ1n) is 9.96. The minimum Gasteiger partial charge on any atom is -0.598 e. The van der Waals surface area contributed by atoms with Crippen molar-refractivity contribution < 1.29 is 18.1 Å². The zero-order valence-corrected chi connectivity index (χ0v) is 20.3. The van der Waals surface area contributed by atoms with Crippen LogP contribution in [0, 0.1) is 0 Å². The van der Waals surface area contributed by atoms with Gasteiger partial charge in [0.2, 0.25) is 0 Å². The van der Waals surface area contributed by atoms with Gasteiger partial charge in [-0.3, -0.25) is 0 Å². The van der Waals surface area contributed by atoms with Crippen molar-refractivity contribution in [1.29, 1.82) is 0 Å². The molecule has 1 heterocycles. The van der Waals surface area contributed by atoms with Gasteiger partial charge in [0.1, 0.15) is 11.5 Å². The molecule has 0 amide bonds. The lowest BCUT2D eigenvalue weighted by Gasteiger charge is -2.27. The molecule has 4 nitrogen and oxygen atoms in total. The number of halogens is 2. The molecule has 0 aliphatic heterocycles. The fourth-order valence-electron chi connectivity index (χ4n) is 2.84. The molecule has 0 radical (unpaired) electrons. The second-order valence-corrected chi connectivity index (χ2v) is 17.3. The lowest BCUT2D eigenvalue weighted by molar-refractivity contribution is 0.0902. The van der Waals surface area contributed by atoms with E-state index in [0.29, 0.717) is 29.8 Å². The summed E-state index contributed by atoms with van der Waals surface area (Å²) in [4.78, 5) is 0. The summed E-state index contributed by atoms with van der Waals surface area (Å²) >= 11 is -1.29. The fraction of sp³-hybridized carbons (Fsp3) is 0.619. The van der Waals surface area contributed by atoms with Gasteiger partial charge in [-0.25, -0.2) is 8.78 Å². The topological polar surface area (TPSA) is 49.2 Å². The summed E-state index contributed by atoms with van der Waals surface area (Å²) in [6, 6.07) is 5.85. The van der Waals surface area contributed by atoms with E-state index >= 15 is 0 Å². The number of nitrogens with zero attached hydrogens (tertiary/aromatic N) is 1. The van der Waals surface area contributed by atoms with Crippen LogP contribution in [0.15, 0.2) is 24.4 Å². The first-order chi connectivity index (χ1) is 13.3. The maximum atomic E-state index is 13.7.